The lowest BCUT2D eigenvalue weighted by Gasteiger charge is -2.25. The average Bonchev–Trinajstić information content (AvgIpc) is 3.62. The Morgan fingerprint density at radius 2 is 0.917 bits per heavy atom. The summed E-state index contributed by atoms with van der Waals surface area (Å²) in [5.41, 5.74) is -0.248. The van der Waals surface area contributed by atoms with Gasteiger partial charge in [-0.15, -0.1) is 0 Å². The number of hydrogen-bond donors (Lipinski definition) is 0. The Hall–Kier alpha value is -1.31. The van der Waals surface area contributed by atoms with E-state index in [9.17, 15) is 16.8 Å². The summed E-state index contributed by atoms with van der Waals surface area (Å²) in [5, 5.41) is 2.71. The summed E-state index contributed by atoms with van der Waals surface area (Å²) in [6.45, 7) is 13.0. The Balaban J connectivity index is 0.000000201. The lowest BCUT2D eigenvalue weighted by atomic mass is 10.4. The van der Waals surface area contributed by atoms with Gasteiger partial charge in [-0.2, -0.15) is 16.8 Å². The van der Waals surface area contributed by atoms with Crippen LogP contribution in [-0.2, 0) is 28.6 Å². The molecule has 4 unspecified atom stereocenters. The van der Waals surface area contributed by atoms with E-state index in [-0.39, 0.29) is 0 Å². The van der Waals surface area contributed by atoms with E-state index in [0.29, 0.717) is 11.1 Å². The Labute approximate surface area is 219 Å². The quantitative estimate of drug-likeness (QED) is 0.350. The molecule has 2 fully saturated rings. The number of benzene rings is 2. The van der Waals surface area contributed by atoms with Gasteiger partial charge in [0.05, 0.1) is 39.9 Å². The SMILES string of the molecule is CC1(OS(C)(=O)=O)CC1[Si](C)(C)c1ccccc1.CC1(OS(C)(=O)=O)CC1[Si](C)(C)c1ccccc1. The molecule has 10 heteroatoms. The van der Waals surface area contributed by atoms with Gasteiger partial charge in [-0.05, 0) is 37.8 Å². The van der Waals surface area contributed by atoms with Crippen LogP contribution in [0.25, 0.3) is 0 Å². The first kappa shape index (κ1) is 29.3. The van der Waals surface area contributed by atoms with Crippen LogP contribution in [0.5, 0.6) is 0 Å². The summed E-state index contributed by atoms with van der Waals surface area (Å²) in [6, 6.07) is 20.8. The highest BCUT2D eigenvalue weighted by Gasteiger charge is 2.62. The second kappa shape index (κ2) is 9.78. The molecule has 36 heavy (non-hydrogen) atoms. The minimum absolute atomic E-state index is 0.363. The summed E-state index contributed by atoms with van der Waals surface area (Å²) in [6.07, 6.45) is 3.94. The smallest absolute Gasteiger partial charge is 0.264 e. The Bertz CT molecular complexity index is 1180. The molecule has 2 aromatic carbocycles. The fourth-order valence-electron chi connectivity index (χ4n) is 5.74. The molecule has 2 aliphatic carbocycles. The van der Waals surface area contributed by atoms with Crippen LogP contribution in [0, 0.1) is 0 Å². The first-order valence-electron chi connectivity index (χ1n) is 12.2. The van der Waals surface area contributed by atoms with Gasteiger partial charge in [0, 0.05) is 0 Å². The van der Waals surface area contributed by atoms with E-state index in [1.807, 2.05) is 50.2 Å². The average molecular weight is 569 g/mol. The van der Waals surface area contributed by atoms with E-state index in [2.05, 4.69) is 50.5 Å². The predicted octanol–water partition coefficient (Wildman–Crippen LogP) is 4.22. The van der Waals surface area contributed by atoms with Gasteiger partial charge in [-0.3, -0.25) is 8.37 Å². The monoisotopic (exact) mass is 568 g/mol. The third-order valence-electron chi connectivity index (χ3n) is 7.83. The van der Waals surface area contributed by atoms with E-state index in [0.717, 1.165) is 25.4 Å². The van der Waals surface area contributed by atoms with Crippen molar-refractivity contribution in [1.29, 1.82) is 0 Å². The fraction of sp³-hybridized carbons (Fsp3) is 0.538. The third kappa shape index (κ3) is 6.96. The van der Waals surface area contributed by atoms with E-state index >= 15 is 0 Å². The molecule has 0 saturated heterocycles. The molecule has 0 aromatic heterocycles. The van der Waals surface area contributed by atoms with Crippen LogP contribution >= 0.6 is 0 Å². The molecule has 2 saturated carbocycles. The highest BCUT2D eigenvalue weighted by molar-refractivity contribution is 7.86. The van der Waals surface area contributed by atoms with E-state index < -0.39 is 47.6 Å². The largest absolute Gasteiger partial charge is 0.264 e. The van der Waals surface area contributed by atoms with Gasteiger partial charge in [0.15, 0.2) is 0 Å². The van der Waals surface area contributed by atoms with Crippen molar-refractivity contribution < 1.29 is 25.2 Å². The molecule has 0 amide bonds. The van der Waals surface area contributed by atoms with Crippen LogP contribution in [-0.4, -0.2) is 56.7 Å². The maximum Gasteiger partial charge on any atom is 0.264 e. The van der Waals surface area contributed by atoms with Crippen molar-refractivity contribution in [3.8, 4) is 0 Å². The molecule has 0 bridgehead atoms. The van der Waals surface area contributed by atoms with Crippen molar-refractivity contribution in [2.75, 3.05) is 12.5 Å². The van der Waals surface area contributed by atoms with Crippen molar-refractivity contribution in [2.45, 2.75) is 75.2 Å². The van der Waals surface area contributed by atoms with Crippen LogP contribution in [0.4, 0.5) is 0 Å². The van der Waals surface area contributed by atoms with E-state index in [1.54, 1.807) is 0 Å². The van der Waals surface area contributed by atoms with Crippen molar-refractivity contribution >= 4 is 46.8 Å². The van der Waals surface area contributed by atoms with Gasteiger partial charge in [-0.25, -0.2) is 0 Å². The topological polar surface area (TPSA) is 86.7 Å². The first-order chi connectivity index (χ1) is 16.3. The first-order valence-corrected chi connectivity index (χ1v) is 22.0. The maximum absolute atomic E-state index is 11.3. The van der Waals surface area contributed by atoms with Gasteiger partial charge in [-0.1, -0.05) is 97.2 Å². The Morgan fingerprint density at radius 3 is 1.17 bits per heavy atom. The van der Waals surface area contributed by atoms with Crippen molar-refractivity contribution in [3.63, 3.8) is 0 Å². The molecular formula is C26H40O6S2Si2. The van der Waals surface area contributed by atoms with Crippen LogP contribution in [0.2, 0.25) is 37.3 Å². The van der Waals surface area contributed by atoms with Gasteiger partial charge < -0.3 is 0 Å². The Morgan fingerprint density at radius 1 is 0.639 bits per heavy atom. The highest BCUT2D eigenvalue weighted by atomic mass is 32.2. The fourth-order valence-corrected chi connectivity index (χ4v) is 15.6. The van der Waals surface area contributed by atoms with Gasteiger partial charge >= 0.3 is 0 Å². The molecular weight excluding hydrogens is 529 g/mol. The van der Waals surface area contributed by atoms with Gasteiger partial charge in [0.25, 0.3) is 20.2 Å². The third-order valence-corrected chi connectivity index (χ3v) is 18.0. The molecule has 0 N–H and O–H groups in total. The summed E-state index contributed by atoms with van der Waals surface area (Å²) in [7, 11) is -10.1. The van der Waals surface area contributed by atoms with Crippen LogP contribution in [0.15, 0.2) is 60.7 Å². The van der Waals surface area contributed by atoms with Gasteiger partial charge in [0.2, 0.25) is 0 Å². The summed E-state index contributed by atoms with van der Waals surface area (Å²) >= 11 is 0. The van der Waals surface area contributed by atoms with E-state index in [4.69, 9.17) is 8.37 Å². The molecule has 2 aliphatic rings. The Kier molecular flexibility index (Phi) is 7.94. The zero-order chi connectivity index (χ0) is 27.2. The van der Waals surface area contributed by atoms with Gasteiger partial charge in [0.1, 0.15) is 0 Å². The predicted molar refractivity (Wildman–Crippen MR) is 153 cm³/mol. The minimum Gasteiger partial charge on any atom is -0.264 e. The normalized spacial score (nSPS) is 28.1. The second-order valence-electron chi connectivity index (χ2n) is 11.9. The van der Waals surface area contributed by atoms with Crippen molar-refractivity contribution in [3.05, 3.63) is 60.7 Å². The van der Waals surface area contributed by atoms with Crippen LogP contribution in [0.1, 0.15) is 26.7 Å². The molecule has 0 spiro atoms. The molecule has 4 rings (SSSR count). The highest BCUT2D eigenvalue weighted by Crippen LogP contribution is 2.58. The van der Waals surface area contributed by atoms with Crippen LogP contribution in [0.3, 0.4) is 0 Å². The summed E-state index contributed by atoms with van der Waals surface area (Å²) in [5.74, 6) is 0. The van der Waals surface area contributed by atoms with Crippen molar-refractivity contribution in [1.82, 2.24) is 0 Å². The molecule has 200 valence electrons. The molecule has 4 atom stereocenters. The van der Waals surface area contributed by atoms with Crippen LogP contribution < -0.4 is 10.4 Å². The lowest BCUT2D eigenvalue weighted by Crippen LogP contribution is -2.44. The molecule has 2 aromatic rings. The zero-order valence-electron chi connectivity index (χ0n) is 22.6. The standard InChI is InChI=1S/2C13H20O3SSi/c2*1-13(16-17(2,14)15)10-12(13)18(3,4)11-8-6-5-7-9-11/h2*5-9,12H,10H2,1-4H3. The van der Waals surface area contributed by atoms with E-state index in [1.165, 1.54) is 10.4 Å². The number of rotatable bonds is 8. The molecule has 0 heterocycles. The summed E-state index contributed by atoms with van der Waals surface area (Å²) < 4.78 is 55.7. The number of hydrogen-bond acceptors (Lipinski definition) is 6. The second-order valence-corrected chi connectivity index (χ2v) is 24.5. The zero-order valence-corrected chi connectivity index (χ0v) is 26.2. The molecule has 0 aliphatic heterocycles. The van der Waals surface area contributed by atoms with Crippen molar-refractivity contribution in [2.24, 2.45) is 0 Å². The molecule has 6 nitrogen and oxygen atoms in total. The summed E-state index contributed by atoms with van der Waals surface area (Å²) in [4.78, 5) is 0. The minimum atomic E-state index is -3.37. The maximum atomic E-state index is 11.3. The molecule has 0 radical (unpaired) electrons. The lowest BCUT2D eigenvalue weighted by molar-refractivity contribution is 0.209.